The Kier molecular flexibility index (Phi) is 2.77. The zero-order valence-electron chi connectivity index (χ0n) is 13.1. The number of hydrogen-bond acceptors (Lipinski definition) is 1. The third kappa shape index (κ3) is 1.79. The summed E-state index contributed by atoms with van der Waals surface area (Å²) in [5.41, 5.74) is 7.19. The van der Waals surface area contributed by atoms with Crippen LogP contribution in [0.3, 0.4) is 0 Å². The van der Waals surface area contributed by atoms with Crippen LogP contribution in [-0.4, -0.2) is 22.5 Å². The van der Waals surface area contributed by atoms with Crippen LogP contribution in [0.15, 0.2) is 61.3 Å². The first-order chi connectivity index (χ1) is 11.4. The van der Waals surface area contributed by atoms with Crippen LogP contribution in [-0.2, 0) is 13.0 Å². The Morgan fingerprint density at radius 1 is 1.09 bits per heavy atom. The van der Waals surface area contributed by atoms with Gasteiger partial charge >= 0.3 is 0 Å². The summed E-state index contributed by atoms with van der Waals surface area (Å²) >= 11 is 0. The van der Waals surface area contributed by atoms with E-state index in [4.69, 9.17) is 0 Å². The number of hydrogen-bond donors (Lipinski definition) is 1. The van der Waals surface area contributed by atoms with Crippen LogP contribution < -0.4 is 0 Å². The molecule has 2 nitrogen and oxygen atoms in total. The minimum absolute atomic E-state index is 0.465. The fourth-order valence-corrected chi connectivity index (χ4v) is 4.65. The summed E-state index contributed by atoms with van der Waals surface area (Å²) in [6.45, 7) is 5.95. The molecule has 0 fully saturated rings. The number of rotatable bonds is 2. The second-order valence-electron chi connectivity index (χ2n) is 6.75. The fraction of sp³-hybridized carbons (Fsp3) is 0.238. The van der Waals surface area contributed by atoms with Gasteiger partial charge in [-0.2, -0.15) is 0 Å². The van der Waals surface area contributed by atoms with Crippen molar-refractivity contribution in [1.82, 2.24) is 9.88 Å². The Bertz CT molecular complexity index is 905. The van der Waals surface area contributed by atoms with E-state index in [1.54, 1.807) is 0 Å². The lowest BCUT2D eigenvalue weighted by atomic mass is 9.72. The third-order valence-electron chi connectivity index (χ3n) is 5.56. The molecule has 5 rings (SSSR count). The van der Waals surface area contributed by atoms with E-state index in [9.17, 15) is 0 Å². The molecular formula is C21H20N2. The molecule has 0 saturated heterocycles. The topological polar surface area (TPSA) is 19.0 Å². The van der Waals surface area contributed by atoms with E-state index in [1.807, 2.05) is 6.08 Å². The zero-order chi connectivity index (χ0) is 15.4. The third-order valence-corrected chi connectivity index (χ3v) is 5.56. The highest BCUT2D eigenvalue weighted by atomic mass is 15.2. The summed E-state index contributed by atoms with van der Waals surface area (Å²) in [6.07, 6.45) is 5.36. The molecule has 1 aromatic heterocycles. The quantitative estimate of drug-likeness (QED) is 0.702. The molecule has 0 amide bonds. The molecule has 2 aliphatic rings. The van der Waals surface area contributed by atoms with Gasteiger partial charge in [-0.25, -0.2) is 0 Å². The second-order valence-corrected chi connectivity index (χ2v) is 6.75. The van der Waals surface area contributed by atoms with Crippen LogP contribution in [0.2, 0.25) is 0 Å². The number of nitrogens with zero attached hydrogens (tertiary/aromatic N) is 1. The zero-order valence-corrected chi connectivity index (χ0v) is 13.1. The normalized spacial score (nSPS) is 22.6. The van der Waals surface area contributed by atoms with E-state index in [1.165, 1.54) is 33.2 Å². The first-order valence-electron chi connectivity index (χ1n) is 8.38. The van der Waals surface area contributed by atoms with Crippen molar-refractivity contribution in [2.24, 2.45) is 0 Å². The molecule has 2 heterocycles. The Balaban J connectivity index is 1.78. The van der Waals surface area contributed by atoms with Crippen molar-refractivity contribution >= 4 is 10.9 Å². The predicted molar refractivity (Wildman–Crippen MR) is 94.7 cm³/mol. The minimum Gasteiger partial charge on any atom is -0.361 e. The van der Waals surface area contributed by atoms with Crippen molar-refractivity contribution in [2.45, 2.75) is 24.9 Å². The van der Waals surface area contributed by atoms with Gasteiger partial charge in [-0.05, 0) is 34.7 Å². The molecule has 1 aliphatic carbocycles. The molecule has 2 heteroatoms. The van der Waals surface area contributed by atoms with Crippen molar-refractivity contribution < 1.29 is 0 Å². The maximum absolute atomic E-state index is 3.97. The SMILES string of the molecule is C=CCN1Cc2ccccc2[C@H]2c3cccc4[nH]cc(c34)C[C@@H]21. The van der Waals surface area contributed by atoms with Crippen LogP contribution in [0, 0.1) is 0 Å². The number of aromatic amines is 1. The molecule has 0 radical (unpaired) electrons. The van der Waals surface area contributed by atoms with Gasteiger partial charge in [-0.3, -0.25) is 4.90 Å². The van der Waals surface area contributed by atoms with Gasteiger partial charge in [0.2, 0.25) is 0 Å². The van der Waals surface area contributed by atoms with E-state index in [2.05, 4.69) is 65.1 Å². The monoisotopic (exact) mass is 300 g/mol. The summed E-state index contributed by atoms with van der Waals surface area (Å²) in [5, 5.41) is 1.45. The molecule has 3 aromatic rings. The lowest BCUT2D eigenvalue weighted by Crippen LogP contribution is -2.46. The first kappa shape index (κ1) is 13.1. The Hall–Kier alpha value is -2.32. The number of fused-ring (bicyclic) bond motifs is 4. The van der Waals surface area contributed by atoms with Gasteiger partial charge < -0.3 is 4.98 Å². The van der Waals surface area contributed by atoms with E-state index in [0.717, 1.165) is 19.5 Å². The Morgan fingerprint density at radius 3 is 2.87 bits per heavy atom. The molecule has 2 atom stereocenters. The van der Waals surface area contributed by atoms with E-state index in [0.29, 0.717) is 12.0 Å². The average molecular weight is 300 g/mol. The summed E-state index contributed by atoms with van der Waals surface area (Å²) in [4.78, 5) is 6.05. The number of H-pyrrole nitrogens is 1. The van der Waals surface area contributed by atoms with Crippen LogP contribution in [0.1, 0.15) is 28.2 Å². The molecule has 114 valence electrons. The number of benzene rings is 2. The highest BCUT2D eigenvalue weighted by Crippen LogP contribution is 2.46. The van der Waals surface area contributed by atoms with Gasteiger partial charge in [0.15, 0.2) is 0 Å². The first-order valence-corrected chi connectivity index (χ1v) is 8.38. The van der Waals surface area contributed by atoms with Crippen LogP contribution in [0.4, 0.5) is 0 Å². The van der Waals surface area contributed by atoms with Gasteiger partial charge in [-0.1, -0.05) is 42.5 Å². The molecule has 1 aliphatic heterocycles. The van der Waals surface area contributed by atoms with Gasteiger partial charge in [-0.15, -0.1) is 6.58 Å². The Morgan fingerprint density at radius 2 is 1.96 bits per heavy atom. The predicted octanol–water partition coefficient (Wildman–Crippen LogP) is 4.23. The minimum atomic E-state index is 0.465. The second kappa shape index (κ2) is 4.84. The molecular weight excluding hydrogens is 280 g/mol. The summed E-state index contributed by atoms with van der Waals surface area (Å²) in [7, 11) is 0. The van der Waals surface area contributed by atoms with E-state index in [-0.39, 0.29) is 0 Å². The van der Waals surface area contributed by atoms with Crippen molar-refractivity contribution in [3.8, 4) is 0 Å². The molecule has 1 N–H and O–H groups in total. The van der Waals surface area contributed by atoms with Gasteiger partial charge in [0.1, 0.15) is 0 Å². The Labute approximate surface area is 136 Å². The summed E-state index contributed by atoms with van der Waals surface area (Å²) < 4.78 is 0. The average Bonchev–Trinajstić information content (AvgIpc) is 3.00. The molecule has 0 saturated carbocycles. The van der Waals surface area contributed by atoms with E-state index >= 15 is 0 Å². The maximum atomic E-state index is 3.97. The van der Waals surface area contributed by atoms with Gasteiger partial charge in [0, 0.05) is 42.1 Å². The maximum Gasteiger partial charge on any atom is 0.0459 e. The lowest BCUT2D eigenvalue weighted by molar-refractivity contribution is 0.171. The highest BCUT2D eigenvalue weighted by Gasteiger charge is 2.39. The fourth-order valence-electron chi connectivity index (χ4n) is 4.65. The van der Waals surface area contributed by atoms with Crippen molar-refractivity contribution in [2.75, 3.05) is 6.54 Å². The van der Waals surface area contributed by atoms with Gasteiger partial charge in [0.25, 0.3) is 0 Å². The van der Waals surface area contributed by atoms with Gasteiger partial charge in [0.05, 0.1) is 0 Å². The lowest BCUT2D eigenvalue weighted by Gasteiger charge is -2.44. The van der Waals surface area contributed by atoms with Crippen LogP contribution >= 0.6 is 0 Å². The smallest absolute Gasteiger partial charge is 0.0459 e. The largest absolute Gasteiger partial charge is 0.361 e. The van der Waals surface area contributed by atoms with Crippen molar-refractivity contribution in [1.29, 1.82) is 0 Å². The standard InChI is InChI=1S/C21H20N2/c1-2-10-23-13-14-6-3-4-7-16(14)21-17-8-5-9-18-20(17)15(12-22-18)11-19(21)23/h2-9,12,19,21-22H,1,10-11,13H2/t19-,21-/m0/s1. The molecule has 23 heavy (non-hydrogen) atoms. The van der Waals surface area contributed by atoms with Crippen LogP contribution in [0.25, 0.3) is 10.9 Å². The molecule has 0 bridgehead atoms. The van der Waals surface area contributed by atoms with Crippen LogP contribution in [0.5, 0.6) is 0 Å². The van der Waals surface area contributed by atoms with Crippen molar-refractivity contribution in [3.05, 3.63) is 83.6 Å². The molecule has 0 spiro atoms. The molecule has 0 unspecified atom stereocenters. The number of nitrogens with one attached hydrogen (secondary N) is 1. The van der Waals surface area contributed by atoms with Crippen molar-refractivity contribution in [3.63, 3.8) is 0 Å². The highest BCUT2D eigenvalue weighted by molar-refractivity contribution is 5.89. The summed E-state index contributed by atoms with van der Waals surface area (Å²) in [5.74, 6) is 0.465. The summed E-state index contributed by atoms with van der Waals surface area (Å²) in [6, 6.07) is 16.2. The molecule has 2 aromatic carbocycles. The number of aromatic nitrogens is 1. The van der Waals surface area contributed by atoms with E-state index < -0.39 is 0 Å².